The summed E-state index contributed by atoms with van der Waals surface area (Å²) in [4.78, 5) is 12.9. The Balaban J connectivity index is 1.69. The Hall–Kier alpha value is -2.90. The van der Waals surface area contributed by atoms with Crippen LogP contribution in [-0.2, 0) is 17.8 Å². The molecule has 0 aliphatic carbocycles. The number of alkyl halides is 3. The topological polar surface area (TPSA) is 64.8 Å². The monoisotopic (exact) mass is 380 g/mol. The molecule has 0 saturated heterocycles. The molecule has 0 unspecified atom stereocenters. The van der Waals surface area contributed by atoms with Gasteiger partial charge in [0.25, 0.3) is 5.91 Å². The second-order valence-corrected chi connectivity index (χ2v) is 6.26. The van der Waals surface area contributed by atoms with E-state index in [0.29, 0.717) is 18.7 Å². The zero-order chi connectivity index (χ0) is 19.4. The maximum Gasteiger partial charge on any atom is 0.573 e. The first-order valence-electron chi connectivity index (χ1n) is 8.44. The number of fused-ring (bicyclic) bond motifs is 1. The van der Waals surface area contributed by atoms with Crippen molar-refractivity contribution >= 4 is 11.6 Å². The minimum Gasteiger partial charge on any atom is -0.484 e. The van der Waals surface area contributed by atoms with Gasteiger partial charge in [0.1, 0.15) is 11.5 Å². The van der Waals surface area contributed by atoms with Gasteiger partial charge in [-0.2, -0.15) is 0 Å². The van der Waals surface area contributed by atoms with Gasteiger partial charge in [0, 0.05) is 18.8 Å². The van der Waals surface area contributed by atoms with E-state index >= 15 is 0 Å². The number of aryl methyl sites for hydroxylation is 1. The summed E-state index contributed by atoms with van der Waals surface area (Å²) in [6.07, 6.45) is -3.13. The lowest BCUT2D eigenvalue weighted by atomic mass is 10.0. The molecule has 2 aromatic carbocycles. The smallest absolute Gasteiger partial charge is 0.484 e. The van der Waals surface area contributed by atoms with Crippen molar-refractivity contribution in [1.29, 1.82) is 0 Å². The molecule has 0 fully saturated rings. The van der Waals surface area contributed by atoms with Gasteiger partial charge in [-0.25, -0.2) is 0 Å². The molecular formula is C19H19F3N2O3. The van der Waals surface area contributed by atoms with Crippen molar-refractivity contribution in [2.45, 2.75) is 25.7 Å². The van der Waals surface area contributed by atoms with Gasteiger partial charge in [0.15, 0.2) is 6.61 Å². The highest BCUT2D eigenvalue weighted by Gasteiger charge is 2.31. The van der Waals surface area contributed by atoms with Crippen molar-refractivity contribution in [3.63, 3.8) is 0 Å². The van der Waals surface area contributed by atoms with Crippen molar-refractivity contribution in [3.05, 3.63) is 53.6 Å². The number of anilines is 1. The summed E-state index contributed by atoms with van der Waals surface area (Å²) < 4.78 is 46.4. The molecule has 0 radical (unpaired) electrons. The zero-order valence-electron chi connectivity index (χ0n) is 14.5. The van der Waals surface area contributed by atoms with Crippen LogP contribution in [0.3, 0.4) is 0 Å². The molecule has 144 valence electrons. The number of nitrogens with two attached hydrogens (primary N) is 1. The summed E-state index contributed by atoms with van der Waals surface area (Å²) in [6.45, 7) is 1.25. The summed E-state index contributed by atoms with van der Waals surface area (Å²) in [6, 6.07) is 11.7. The second kappa shape index (κ2) is 7.77. The number of carbonyl (C=O) groups is 1. The van der Waals surface area contributed by atoms with Crippen LogP contribution in [0.2, 0.25) is 0 Å². The normalized spacial score (nSPS) is 13.8. The lowest BCUT2D eigenvalue weighted by Crippen LogP contribution is -2.29. The van der Waals surface area contributed by atoms with E-state index in [-0.39, 0.29) is 12.4 Å². The summed E-state index contributed by atoms with van der Waals surface area (Å²) in [5.41, 5.74) is 7.80. The number of hydrogen-bond donors (Lipinski definition) is 1. The van der Waals surface area contributed by atoms with Crippen molar-refractivity contribution in [2.75, 3.05) is 18.1 Å². The molecule has 3 rings (SSSR count). The molecule has 1 amide bonds. The van der Waals surface area contributed by atoms with Crippen molar-refractivity contribution in [1.82, 2.24) is 0 Å². The Morgan fingerprint density at radius 2 is 1.81 bits per heavy atom. The molecule has 1 heterocycles. The second-order valence-electron chi connectivity index (χ2n) is 6.26. The van der Waals surface area contributed by atoms with Gasteiger partial charge in [-0.05, 0) is 54.3 Å². The fourth-order valence-electron chi connectivity index (χ4n) is 3.08. The maximum atomic E-state index is 12.4. The highest BCUT2D eigenvalue weighted by atomic mass is 19.4. The molecule has 0 aromatic heterocycles. The van der Waals surface area contributed by atoms with Crippen LogP contribution in [0, 0.1) is 0 Å². The number of amides is 1. The number of benzene rings is 2. The number of rotatable bonds is 6. The first-order chi connectivity index (χ1) is 12.8. The molecular weight excluding hydrogens is 361 g/mol. The SMILES string of the molecule is NC(=O)COc1ccc(CN2CCCc3cc(OC(F)(F)F)ccc32)cc1. The molecule has 5 nitrogen and oxygen atoms in total. The average molecular weight is 380 g/mol. The lowest BCUT2D eigenvalue weighted by molar-refractivity contribution is -0.274. The first kappa shape index (κ1) is 18.9. The largest absolute Gasteiger partial charge is 0.573 e. The van der Waals surface area contributed by atoms with E-state index in [1.807, 2.05) is 12.1 Å². The van der Waals surface area contributed by atoms with Gasteiger partial charge in [-0.15, -0.1) is 13.2 Å². The Kier molecular flexibility index (Phi) is 5.43. The Morgan fingerprint density at radius 1 is 1.11 bits per heavy atom. The molecule has 0 atom stereocenters. The van der Waals surface area contributed by atoms with E-state index < -0.39 is 12.3 Å². The van der Waals surface area contributed by atoms with E-state index in [2.05, 4.69) is 9.64 Å². The number of halogens is 3. The summed E-state index contributed by atoms with van der Waals surface area (Å²) in [7, 11) is 0. The van der Waals surface area contributed by atoms with Crippen LogP contribution in [0.25, 0.3) is 0 Å². The predicted octanol–water partition coefficient (Wildman–Crippen LogP) is 3.40. The molecule has 2 aromatic rings. The lowest BCUT2D eigenvalue weighted by Gasteiger charge is -2.31. The highest BCUT2D eigenvalue weighted by Crippen LogP contribution is 2.33. The summed E-state index contributed by atoms with van der Waals surface area (Å²) in [5.74, 6) is -0.192. The van der Waals surface area contributed by atoms with Crippen molar-refractivity contribution in [3.8, 4) is 11.5 Å². The zero-order valence-corrected chi connectivity index (χ0v) is 14.5. The van der Waals surface area contributed by atoms with E-state index in [4.69, 9.17) is 10.5 Å². The number of primary amides is 1. The van der Waals surface area contributed by atoms with Crippen molar-refractivity contribution < 1.29 is 27.4 Å². The van der Waals surface area contributed by atoms with E-state index in [9.17, 15) is 18.0 Å². The molecule has 0 bridgehead atoms. The van der Waals surface area contributed by atoms with Gasteiger partial charge in [-0.3, -0.25) is 4.79 Å². The van der Waals surface area contributed by atoms with Crippen LogP contribution in [-0.4, -0.2) is 25.4 Å². The quantitative estimate of drug-likeness (QED) is 0.834. The van der Waals surface area contributed by atoms with Gasteiger partial charge < -0.3 is 20.1 Å². The third kappa shape index (κ3) is 5.29. The minimum absolute atomic E-state index is 0.179. The Bertz CT molecular complexity index is 807. The number of carbonyl (C=O) groups excluding carboxylic acids is 1. The molecule has 1 aliphatic heterocycles. The number of hydrogen-bond acceptors (Lipinski definition) is 4. The Morgan fingerprint density at radius 3 is 2.48 bits per heavy atom. The van der Waals surface area contributed by atoms with Gasteiger partial charge >= 0.3 is 6.36 Å². The molecule has 0 saturated carbocycles. The molecule has 1 aliphatic rings. The highest BCUT2D eigenvalue weighted by molar-refractivity contribution is 5.75. The summed E-state index contributed by atoms with van der Waals surface area (Å²) in [5, 5.41) is 0. The summed E-state index contributed by atoms with van der Waals surface area (Å²) >= 11 is 0. The molecule has 0 spiro atoms. The fraction of sp³-hybridized carbons (Fsp3) is 0.316. The molecule has 2 N–H and O–H groups in total. The van der Waals surface area contributed by atoms with Crippen molar-refractivity contribution in [2.24, 2.45) is 5.73 Å². The third-order valence-corrected chi connectivity index (χ3v) is 4.18. The van der Waals surface area contributed by atoms with E-state index in [1.165, 1.54) is 12.1 Å². The van der Waals surface area contributed by atoms with Crippen LogP contribution in [0.4, 0.5) is 18.9 Å². The third-order valence-electron chi connectivity index (χ3n) is 4.18. The van der Waals surface area contributed by atoms with Crippen LogP contribution >= 0.6 is 0 Å². The van der Waals surface area contributed by atoms with Gasteiger partial charge in [0.05, 0.1) is 0 Å². The van der Waals surface area contributed by atoms with Gasteiger partial charge in [-0.1, -0.05) is 12.1 Å². The van der Waals surface area contributed by atoms with Gasteiger partial charge in [0.2, 0.25) is 0 Å². The molecule has 27 heavy (non-hydrogen) atoms. The standard InChI is InChI=1S/C19H19F3N2O3/c20-19(21,22)27-16-7-8-17-14(10-16)2-1-9-24(17)11-13-3-5-15(6-4-13)26-12-18(23)25/h3-8,10H,1-2,9,11-12H2,(H2,23,25). The average Bonchev–Trinajstić information content (AvgIpc) is 2.60. The van der Waals surface area contributed by atoms with Crippen LogP contribution in [0.5, 0.6) is 11.5 Å². The Labute approximate surface area is 154 Å². The minimum atomic E-state index is -4.69. The number of ether oxygens (including phenoxy) is 2. The first-order valence-corrected chi connectivity index (χ1v) is 8.44. The number of nitrogens with zero attached hydrogens (tertiary/aromatic N) is 1. The predicted molar refractivity (Wildman–Crippen MR) is 93.6 cm³/mol. The van der Waals surface area contributed by atoms with E-state index in [1.54, 1.807) is 18.2 Å². The van der Waals surface area contributed by atoms with Crippen LogP contribution in [0.15, 0.2) is 42.5 Å². The van der Waals surface area contributed by atoms with E-state index in [0.717, 1.165) is 29.8 Å². The molecule has 8 heteroatoms. The van der Waals surface area contributed by atoms with Crippen LogP contribution < -0.4 is 20.1 Å². The maximum absolute atomic E-state index is 12.4. The fourth-order valence-corrected chi connectivity index (χ4v) is 3.08. The van der Waals surface area contributed by atoms with Crippen LogP contribution in [0.1, 0.15) is 17.5 Å².